The first kappa shape index (κ1) is 17.2. The summed E-state index contributed by atoms with van der Waals surface area (Å²) in [5.74, 6) is -4.24. The van der Waals surface area contributed by atoms with Gasteiger partial charge in [0.15, 0.2) is 0 Å². The Labute approximate surface area is 118 Å². The third-order valence-electron chi connectivity index (χ3n) is 2.51. The first-order valence-corrected chi connectivity index (χ1v) is 6.02. The molecule has 0 fully saturated rings. The van der Waals surface area contributed by atoms with Crippen molar-refractivity contribution in [3.05, 3.63) is 33.9 Å². The Morgan fingerprint density at radius 3 is 2.62 bits per heavy atom. The Morgan fingerprint density at radius 1 is 1.43 bits per heavy atom. The van der Waals surface area contributed by atoms with E-state index in [4.69, 9.17) is 0 Å². The van der Waals surface area contributed by atoms with Crippen LogP contribution in [0.4, 0.5) is 28.9 Å². The molecule has 0 unspecified atom stereocenters. The molecule has 0 spiro atoms. The lowest BCUT2D eigenvalue weighted by Crippen LogP contribution is -2.32. The summed E-state index contributed by atoms with van der Waals surface area (Å²) in [6, 6.07) is 4.00. The van der Waals surface area contributed by atoms with Gasteiger partial charge in [0.2, 0.25) is 0 Å². The summed E-state index contributed by atoms with van der Waals surface area (Å²) in [4.78, 5) is 10.2. The van der Waals surface area contributed by atoms with Gasteiger partial charge in [-0.25, -0.2) is 8.78 Å². The molecule has 1 N–H and O–H groups in total. The lowest BCUT2D eigenvalue weighted by molar-refractivity contribution is -0.384. The summed E-state index contributed by atoms with van der Waals surface area (Å²) in [6.45, 7) is 0.355. The first-order valence-electron chi connectivity index (χ1n) is 6.02. The van der Waals surface area contributed by atoms with Gasteiger partial charge in [-0.15, -0.1) is 0 Å². The van der Waals surface area contributed by atoms with Crippen LogP contribution in [-0.2, 0) is 11.3 Å². The van der Waals surface area contributed by atoms with Crippen LogP contribution in [0.3, 0.4) is 0 Å². The first-order chi connectivity index (χ1) is 9.77. The molecule has 0 radical (unpaired) electrons. The van der Waals surface area contributed by atoms with E-state index >= 15 is 0 Å². The molecule has 0 aliphatic heterocycles. The fraction of sp³-hybridized carbons (Fsp3) is 0.500. The molecular weight excluding hydrogens is 296 g/mol. The average Bonchev–Trinajstić information content (AvgIpc) is 2.40. The summed E-state index contributed by atoms with van der Waals surface area (Å²) < 4.78 is 53.6. The Morgan fingerprint density at radius 2 is 2.10 bits per heavy atom. The van der Waals surface area contributed by atoms with Crippen LogP contribution in [0, 0.1) is 10.1 Å². The minimum absolute atomic E-state index is 0.237. The van der Waals surface area contributed by atoms with E-state index in [2.05, 4.69) is 10.1 Å². The summed E-state index contributed by atoms with van der Waals surface area (Å²) in [6.07, 6.45) is -3.82. The zero-order valence-corrected chi connectivity index (χ0v) is 11.1. The molecule has 21 heavy (non-hydrogen) atoms. The van der Waals surface area contributed by atoms with Crippen LogP contribution in [0.1, 0.15) is 12.5 Å². The monoisotopic (exact) mass is 310 g/mol. The number of hydrogen-bond donors (Lipinski definition) is 1. The molecule has 0 bridgehead atoms. The standard InChI is InChI=1S/C12H14F4N2O3/c1-2-17-9-4-3-8(5-10(9)18(19)20)6-21-7-12(15,16)11(13)14/h3-5,11,17H,2,6-7H2,1H3. The molecule has 1 rings (SSSR count). The van der Waals surface area contributed by atoms with Gasteiger partial charge >= 0.3 is 12.3 Å². The molecule has 0 heterocycles. The topological polar surface area (TPSA) is 64.4 Å². The predicted octanol–water partition coefficient (Wildman–Crippen LogP) is 3.44. The third kappa shape index (κ3) is 4.85. The van der Waals surface area contributed by atoms with E-state index in [0.717, 1.165) is 6.07 Å². The molecule has 5 nitrogen and oxygen atoms in total. The van der Waals surface area contributed by atoms with Crippen molar-refractivity contribution in [3.63, 3.8) is 0 Å². The van der Waals surface area contributed by atoms with E-state index in [-0.39, 0.29) is 16.9 Å². The fourth-order valence-electron chi connectivity index (χ4n) is 1.53. The predicted molar refractivity (Wildman–Crippen MR) is 67.9 cm³/mol. The van der Waals surface area contributed by atoms with E-state index in [0.29, 0.717) is 6.54 Å². The van der Waals surface area contributed by atoms with E-state index in [1.807, 2.05) is 0 Å². The zero-order valence-electron chi connectivity index (χ0n) is 11.1. The van der Waals surface area contributed by atoms with Crippen LogP contribution < -0.4 is 5.32 Å². The molecule has 0 aliphatic carbocycles. The second kappa shape index (κ2) is 7.21. The molecule has 0 atom stereocenters. The van der Waals surface area contributed by atoms with Gasteiger partial charge in [-0.3, -0.25) is 10.1 Å². The normalized spacial score (nSPS) is 11.7. The number of nitro benzene ring substituents is 1. The van der Waals surface area contributed by atoms with E-state index in [1.165, 1.54) is 12.1 Å². The van der Waals surface area contributed by atoms with E-state index < -0.39 is 30.5 Å². The number of anilines is 1. The molecule has 1 aromatic carbocycles. The molecule has 9 heteroatoms. The molecule has 0 amide bonds. The summed E-state index contributed by atoms with van der Waals surface area (Å²) >= 11 is 0. The van der Waals surface area contributed by atoms with Crippen LogP contribution in [0.5, 0.6) is 0 Å². The van der Waals surface area contributed by atoms with Crippen molar-refractivity contribution in [3.8, 4) is 0 Å². The van der Waals surface area contributed by atoms with Crippen LogP contribution in [-0.4, -0.2) is 30.4 Å². The molecule has 0 aliphatic rings. The van der Waals surface area contributed by atoms with Gasteiger partial charge in [-0.2, -0.15) is 8.78 Å². The number of rotatable bonds is 8. The van der Waals surface area contributed by atoms with Crippen LogP contribution >= 0.6 is 0 Å². The Kier molecular flexibility index (Phi) is 5.89. The lowest BCUT2D eigenvalue weighted by Gasteiger charge is -2.15. The van der Waals surface area contributed by atoms with Gasteiger partial charge in [-0.05, 0) is 18.6 Å². The molecule has 1 aromatic rings. The number of alkyl halides is 4. The number of hydrogen-bond acceptors (Lipinski definition) is 4. The minimum Gasteiger partial charge on any atom is -0.380 e. The van der Waals surface area contributed by atoms with Crippen LogP contribution in [0.2, 0.25) is 0 Å². The van der Waals surface area contributed by atoms with E-state index in [1.54, 1.807) is 6.92 Å². The maximum atomic E-state index is 12.6. The van der Waals surface area contributed by atoms with Gasteiger partial charge in [0.25, 0.3) is 5.69 Å². The van der Waals surface area contributed by atoms with Crippen molar-refractivity contribution in [2.75, 3.05) is 18.5 Å². The number of halogens is 4. The Hall–Kier alpha value is -1.90. The highest BCUT2D eigenvalue weighted by Crippen LogP contribution is 2.27. The third-order valence-corrected chi connectivity index (χ3v) is 2.51. The summed E-state index contributed by atoms with van der Waals surface area (Å²) in [5, 5.41) is 13.7. The van der Waals surface area contributed by atoms with Crippen molar-refractivity contribution >= 4 is 11.4 Å². The van der Waals surface area contributed by atoms with Gasteiger partial charge in [0, 0.05) is 12.6 Å². The smallest absolute Gasteiger partial charge is 0.330 e. The molecular formula is C12H14F4N2O3. The van der Waals surface area contributed by atoms with Gasteiger partial charge in [-0.1, -0.05) is 6.07 Å². The van der Waals surface area contributed by atoms with Crippen molar-refractivity contribution in [2.45, 2.75) is 25.9 Å². The highest BCUT2D eigenvalue weighted by atomic mass is 19.3. The number of ether oxygens (including phenoxy) is 1. The van der Waals surface area contributed by atoms with Crippen molar-refractivity contribution in [2.24, 2.45) is 0 Å². The number of benzene rings is 1. The number of nitro groups is 1. The molecule has 0 saturated carbocycles. The average molecular weight is 310 g/mol. The van der Waals surface area contributed by atoms with Crippen molar-refractivity contribution < 1.29 is 27.2 Å². The highest BCUT2D eigenvalue weighted by molar-refractivity contribution is 5.62. The van der Waals surface area contributed by atoms with Crippen LogP contribution in [0.15, 0.2) is 18.2 Å². The van der Waals surface area contributed by atoms with Gasteiger partial charge in [0.1, 0.15) is 12.3 Å². The highest BCUT2D eigenvalue weighted by Gasteiger charge is 2.40. The maximum Gasteiger partial charge on any atom is 0.330 e. The number of nitrogens with one attached hydrogen (secondary N) is 1. The second-order valence-corrected chi connectivity index (χ2v) is 4.19. The molecule has 0 saturated heterocycles. The largest absolute Gasteiger partial charge is 0.380 e. The van der Waals surface area contributed by atoms with Crippen LogP contribution in [0.25, 0.3) is 0 Å². The molecule has 0 aromatic heterocycles. The SMILES string of the molecule is CCNc1ccc(COCC(F)(F)C(F)F)cc1[N+](=O)[O-]. The van der Waals surface area contributed by atoms with E-state index in [9.17, 15) is 27.7 Å². The maximum absolute atomic E-state index is 12.6. The van der Waals surface area contributed by atoms with Gasteiger partial charge in [0.05, 0.1) is 11.5 Å². The van der Waals surface area contributed by atoms with Gasteiger partial charge < -0.3 is 10.1 Å². The Bertz CT molecular complexity index is 497. The minimum atomic E-state index is -4.24. The quantitative estimate of drug-likeness (QED) is 0.454. The van der Waals surface area contributed by atoms with Crippen molar-refractivity contribution in [1.29, 1.82) is 0 Å². The van der Waals surface area contributed by atoms with Crippen molar-refractivity contribution in [1.82, 2.24) is 0 Å². The summed E-state index contributed by atoms with van der Waals surface area (Å²) in [7, 11) is 0. The summed E-state index contributed by atoms with van der Waals surface area (Å²) in [5.41, 5.74) is 0.288. The lowest BCUT2D eigenvalue weighted by atomic mass is 10.2. The molecule has 118 valence electrons. The second-order valence-electron chi connectivity index (χ2n) is 4.19. The number of nitrogens with zero attached hydrogens (tertiary/aromatic N) is 1. The zero-order chi connectivity index (χ0) is 16.0. The Balaban J connectivity index is 2.73. The fourth-order valence-corrected chi connectivity index (χ4v) is 1.53.